The summed E-state index contributed by atoms with van der Waals surface area (Å²) in [6, 6.07) is 19.3. The van der Waals surface area contributed by atoms with E-state index >= 15 is 0 Å². The first-order chi connectivity index (χ1) is 13.4. The highest BCUT2D eigenvalue weighted by Crippen LogP contribution is 2.23. The third-order valence-electron chi connectivity index (χ3n) is 5.25. The van der Waals surface area contributed by atoms with Gasteiger partial charge in [0.2, 0.25) is 5.91 Å². The number of carbonyl (C=O) groups is 1. The number of hydrogen-bond donors (Lipinski definition) is 1. The molecular weight excluding hydrogens is 350 g/mol. The number of likely N-dealkylation sites (N-methyl/N-ethyl adjacent to an activating group) is 1. The predicted octanol–water partition coefficient (Wildman–Crippen LogP) is 4.45. The number of aliphatic hydroxyl groups is 1. The van der Waals surface area contributed by atoms with Gasteiger partial charge in [0, 0.05) is 19.6 Å². The number of ether oxygens (including phenoxy) is 1. The van der Waals surface area contributed by atoms with E-state index in [4.69, 9.17) is 4.74 Å². The van der Waals surface area contributed by atoms with E-state index in [1.807, 2.05) is 74.5 Å². The van der Waals surface area contributed by atoms with Crippen molar-refractivity contribution in [3.63, 3.8) is 0 Å². The standard InChI is InChI=1S/C24H33NO3/c1-18(16-28-17-21-11-7-5-8-12-21)15-19(2)24(27)25(4)20(3)23(26)22-13-9-6-10-14-22/h5-14,18-20,23,26H,15-17H2,1-4H3/t18-,19-,20+,23-/m0/s1. The fourth-order valence-corrected chi connectivity index (χ4v) is 3.41. The third kappa shape index (κ3) is 6.47. The summed E-state index contributed by atoms with van der Waals surface area (Å²) >= 11 is 0. The van der Waals surface area contributed by atoms with Crippen molar-refractivity contribution in [2.24, 2.45) is 11.8 Å². The molecule has 4 heteroatoms. The smallest absolute Gasteiger partial charge is 0.225 e. The molecule has 0 saturated heterocycles. The van der Waals surface area contributed by atoms with E-state index in [2.05, 4.69) is 6.92 Å². The Kier molecular flexibility index (Phi) is 8.68. The molecule has 0 fully saturated rings. The van der Waals surface area contributed by atoms with Gasteiger partial charge in [0.05, 0.1) is 18.8 Å². The van der Waals surface area contributed by atoms with Crippen molar-refractivity contribution >= 4 is 5.91 Å². The maximum atomic E-state index is 12.8. The number of rotatable bonds is 10. The maximum Gasteiger partial charge on any atom is 0.225 e. The molecule has 0 bridgehead atoms. The van der Waals surface area contributed by atoms with E-state index in [0.717, 1.165) is 17.5 Å². The highest BCUT2D eigenvalue weighted by molar-refractivity contribution is 5.78. The van der Waals surface area contributed by atoms with Crippen molar-refractivity contribution in [2.45, 2.75) is 45.9 Å². The minimum atomic E-state index is -0.700. The first kappa shape index (κ1) is 22.1. The van der Waals surface area contributed by atoms with Crippen LogP contribution in [0.25, 0.3) is 0 Å². The topological polar surface area (TPSA) is 49.8 Å². The largest absolute Gasteiger partial charge is 0.386 e. The van der Waals surface area contributed by atoms with E-state index in [1.54, 1.807) is 11.9 Å². The fourth-order valence-electron chi connectivity index (χ4n) is 3.41. The normalized spacial score (nSPS) is 15.5. The molecule has 0 heterocycles. The summed E-state index contributed by atoms with van der Waals surface area (Å²) in [6.45, 7) is 7.16. The summed E-state index contributed by atoms with van der Waals surface area (Å²) in [5.41, 5.74) is 1.98. The number of nitrogens with zero attached hydrogens (tertiary/aromatic N) is 1. The zero-order chi connectivity index (χ0) is 20.5. The lowest BCUT2D eigenvalue weighted by molar-refractivity contribution is -0.138. The first-order valence-electron chi connectivity index (χ1n) is 10.0. The lowest BCUT2D eigenvalue weighted by Gasteiger charge is -2.32. The number of carbonyl (C=O) groups excluding carboxylic acids is 1. The number of benzene rings is 2. The summed E-state index contributed by atoms with van der Waals surface area (Å²) in [7, 11) is 1.77. The average Bonchev–Trinajstić information content (AvgIpc) is 2.72. The van der Waals surface area contributed by atoms with Crippen LogP contribution in [0, 0.1) is 11.8 Å². The van der Waals surface area contributed by atoms with Crippen molar-refractivity contribution in [3.8, 4) is 0 Å². The van der Waals surface area contributed by atoms with Crippen molar-refractivity contribution in [2.75, 3.05) is 13.7 Å². The zero-order valence-corrected chi connectivity index (χ0v) is 17.4. The highest BCUT2D eigenvalue weighted by Gasteiger charge is 2.27. The molecule has 0 aliphatic rings. The van der Waals surface area contributed by atoms with Crippen LogP contribution < -0.4 is 0 Å². The van der Waals surface area contributed by atoms with Crippen LogP contribution in [0.15, 0.2) is 60.7 Å². The molecule has 1 N–H and O–H groups in total. The SMILES string of the molecule is C[C@H](COCc1ccccc1)C[C@H](C)C(=O)N(C)[C@H](C)[C@H](O)c1ccccc1. The van der Waals surface area contributed by atoms with Gasteiger partial charge in [-0.1, -0.05) is 74.5 Å². The van der Waals surface area contributed by atoms with Crippen molar-refractivity contribution < 1.29 is 14.6 Å². The predicted molar refractivity (Wildman–Crippen MR) is 113 cm³/mol. The average molecular weight is 384 g/mol. The van der Waals surface area contributed by atoms with Crippen molar-refractivity contribution in [1.29, 1.82) is 0 Å². The highest BCUT2D eigenvalue weighted by atomic mass is 16.5. The summed E-state index contributed by atoms with van der Waals surface area (Å²) in [6.07, 6.45) is 0.0560. The van der Waals surface area contributed by atoms with Gasteiger partial charge in [-0.2, -0.15) is 0 Å². The van der Waals surface area contributed by atoms with Crippen molar-refractivity contribution in [3.05, 3.63) is 71.8 Å². The lowest BCUT2D eigenvalue weighted by Crippen LogP contribution is -2.42. The molecule has 4 atom stereocenters. The summed E-state index contributed by atoms with van der Waals surface area (Å²) in [5, 5.41) is 10.6. The minimum absolute atomic E-state index is 0.0531. The van der Waals surface area contributed by atoms with Crippen molar-refractivity contribution in [1.82, 2.24) is 4.90 Å². The zero-order valence-electron chi connectivity index (χ0n) is 17.4. The molecule has 0 aliphatic carbocycles. The number of aliphatic hydroxyl groups excluding tert-OH is 1. The molecule has 28 heavy (non-hydrogen) atoms. The third-order valence-corrected chi connectivity index (χ3v) is 5.25. The van der Waals surface area contributed by atoms with E-state index in [1.165, 1.54) is 0 Å². The van der Waals surface area contributed by atoms with Gasteiger partial charge in [-0.25, -0.2) is 0 Å². The molecule has 152 valence electrons. The summed E-state index contributed by atoms with van der Waals surface area (Å²) in [4.78, 5) is 14.5. The second-order valence-corrected chi connectivity index (χ2v) is 7.79. The molecule has 0 saturated carbocycles. The van der Waals surface area contributed by atoms with Crippen LogP contribution in [-0.4, -0.2) is 35.6 Å². The van der Waals surface area contributed by atoms with Gasteiger partial charge in [0.25, 0.3) is 0 Å². The Morgan fingerprint density at radius 1 is 1.00 bits per heavy atom. The van der Waals surface area contributed by atoms with Gasteiger partial charge >= 0.3 is 0 Å². The quantitative estimate of drug-likeness (QED) is 0.660. The van der Waals surface area contributed by atoms with E-state index in [0.29, 0.717) is 13.2 Å². The molecule has 0 aliphatic heterocycles. The fraction of sp³-hybridized carbons (Fsp3) is 0.458. The van der Waals surface area contributed by atoms with Crippen LogP contribution >= 0.6 is 0 Å². The maximum absolute atomic E-state index is 12.8. The van der Waals surface area contributed by atoms with Gasteiger partial charge in [-0.15, -0.1) is 0 Å². The number of hydrogen-bond acceptors (Lipinski definition) is 3. The Labute approximate surface area is 169 Å². The Bertz CT molecular complexity index is 704. The second kappa shape index (κ2) is 11.0. The second-order valence-electron chi connectivity index (χ2n) is 7.79. The molecule has 0 spiro atoms. The van der Waals surface area contributed by atoms with Gasteiger partial charge in [0.1, 0.15) is 0 Å². The Balaban J connectivity index is 1.80. The van der Waals surface area contributed by atoms with Gasteiger partial charge in [0.15, 0.2) is 0 Å². The molecule has 2 aromatic rings. The van der Waals surface area contributed by atoms with Crippen LogP contribution in [-0.2, 0) is 16.1 Å². The van der Waals surface area contributed by atoms with Crippen LogP contribution in [0.3, 0.4) is 0 Å². The minimum Gasteiger partial charge on any atom is -0.386 e. The van der Waals surface area contributed by atoms with Crippen LogP contribution in [0.1, 0.15) is 44.4 Å². The molecule has 0 radical (unpaired) electrons. The van der Waals surface area contributed by atoms with Crippen LogP contribution in [0.2, 0.25) is 0 Å². The molecular formula is C24H33NO3. The van der Waals surface area contributed by atoms with Gasteiger partial charge < -0.3 is 14.7 Å². The Morgan fingerprint density at radius 3 is 2.18 bits per heavy atom. The Morgan fingerprint density at radius 2 is 1.57 bits per heavy atom. The monoisotopic (exact) mass is 383 g/mol. The summed E-state index contributed by atoms with van der Waals surface area (Å²) < 4.78 is 5.80. The molecule has 1 amide bonds. The van der Waals surface area contributed by atoms with Crippen LogP contribution in [0.4, 0.5) is 0 Å². The van der Waals surface area contributed by atoms with E-state index < -0.39 is 6.10 Å². The van der Waals surface area contributed by atoms with Gasteiger partial charge in [-0.3, -0.25) is 4.79 Å². The van der Waals surface area contributed by atoms with Gasteiger partial charge in [-0.05, 0) is 30.4 Å². The summed E-state index contributed by atoms with van der Waals surface area (Å²) in [5.74, 6) is 0.216. The van der Waals surface area contributed by atoms with E-state index in [9.17, 15) is 9.90 Å². The number of amides is 1. The first-order valence-corrected chi connectivity index (χ1v) is 10.0. The molecule has 2 rings (SSSR count). The molecule has 0 aromatic heterocycles. The Hall–Kier alpha value is -2.17. The molecule has 0 unspecified atom stereocenters. The molecule has 4 nitrogen and oxygen atoms in total. The molecule has 2 aromatic carbocycles. The van der Waals surface area contributed by atoms with Crippen LogP contribution in [0.5, 0.6) is 0 Å². The van der Waals surface area contributed by atoms with E-state index in [-0.39, 0.29) is 23.8 Å². The lowest BCUT2D eigenvalue weighted by atomic mass is 9.95.